The number of hydrogen-bond acceptors (Lipinski definition) is 4. The third-order valence-corrected chi connectivity index (χ3v) is 2.89. The fourth-order valence-electron chi connectivity index (χ4n) is 1.66. The lowest BCUT2D eigenvalue weighted by Crippen LogP contribution is -2.08. The van der Waals surface area contributed by atoms with Crippen LogP contribution in [0.5, 0.6) is 5.75 Å². The quantitative estimate of drug-likeness (QED) is 0.798. The van der Waals surface area contributed by atoms with Gasteiger partial charge in [0.25, 0.3) is 0 Å². The summed E-state index contributed by atoms with van der Waals surface area (Å²) in [7, 11) is 5.55. The van der Waals surface area contributed by atoms with Crippen molar-refractivity contribution < 1.29 is 4.74 Å². The lowest BCUT2D eigenvalue weighted by atomic mass is 10.1. The van der Waals surface area contributed by atoms with E-state index in [1.54, 1.807) is 7.11 Å². The van der Waals surface area contributed by atoms with Crippen LogP contribution in [0.4, 0.5) is 5.69 Å². The van der Waals surface area contributed by atoms with Gasteiger partial charge in [0.05, 0.1) is 7.11 Å². The molecule has 1 aromatic heterocycles. The van der Waals surface area contributed by atoms with Gasteiger partial charge < -0.3 is 9.64 Å². The molecule has 0 radical (unpaired) electrons. The minimum Gasteiger partial charge on any atom is -0.491 e. The number of nitrogens with zero attached hydrogens (tertiary/aromatic N) is 3. The standard InChI is InChI=1S/C13H14ClN3O/c1-17(2)10-6-4-9(5-7-10)11-12(18-3)13(14)16-8-15-11/h4-8H,1-3H3. The molecule has 94 valence electrons. The van der Waals surface area contributed by atoms with E-state index < -0.39 is 0 Å². The van der Waals surface area contributed by atoms with Crippen molar-refractivity contribution in [3.05, 3.63) is 35.7 Å². The second kappa shape index (κ2) is 5.23. The van der Waals surface area contributed by atoms with Gasteiger partial charge in [0.2, 0.25) is 0 Å². The summed E-state index contributed by atoms with van der Waals surface area (Å²) in [5.74, 6) is 0.497. The van der Waals surface area contributed by atoms with Crippen LogP contribution in [0.15, 0.2) is 30.6 Å². The molecular weight excluding hydrogens is 250 g/mol. The van der Waals surface area contributed by atoms with E-state index in [0.29, 0.717) is 16.6 Å². The predicted molar refractivity (Wildman–Crippen MR) is 73.4 cm³/mol. The second-order valence-corrected chi connectivity index (χ2v) is 4.35. The Kier molecular flexibility index (Phi) is 3.67. The van der Waals surface area contributed by atoms with E-state index in [2.05, 4.69) is 9.97 Å². The van der Waals surface area contributed by atoms with Crippen LogP contribution in [0.25, 0.3) is 11.3 Å². The fourth-order valence-corrected chi connectivity index (χ4v) is 1.87. The first-order valence-corrected chi connectivity index (χ1v) is 5.83. The van der Waals surface area contributed by atoms with E-state index in [4.69, 9.17) is 16.3 Å². The molecular formula is C13H14ClN3O. The normalized spacial score (nSPS) is 10.2. The molecule has 1 heterocycles. The number of ether oxygens (including phenoxy) is 1. The minimum absolute atomic E-state index is 0.319. The Labute approximate surface area is 111 Å². The average molecular weight is 264 g/mol. The maximum Gasteiger partial charge on any atom is 0.182 e. The molecule has 4 nitrogen and oxygen atoms in total. The Morgan fingerprint density at radius 1 is 1.11 bits per heavy atom. The van der Waals surface area contributed by atoms with E-state index >= 15 is 0 Å². The van der Waals surface area contributed by atoms with Crippen LogP contribution in [-0.2, 0) is 0 Å². The molecule has 0 atom stereocenters. The molecule has 0 fully saturated rings. The molecule has 18 heavy (non-hydrogen) atoms. The molecule has 2 aromatic rings. The number of methoxy groups -OCH3 is 1. The Balaban J connectivity index is 2.46. The third-order valence-electron chi connectivity index (χ3n) is 2.62. The van der Waals surface area contributed by atoms with Crippen molar-refractivity contribution in [2.45, 2.75) is 0 Å². The van der Waals surface area contributed by atoms with Crippen LogP contribution < -0.4 is 9.64 Å². The van der Waals surface area contributed by atoms with Crippen molar-refractivity contribution in [3.63, 3.8) is 0 Å². The molecule has 1 aromatic carbocycles. The Morgan fingerprint density at radius 3 is 2.33 bits per heavy atom. The maximum atomic E-state index is 5.98. The van der Waals surface area contributed by atoms with Gasteiger partial charge in [-0.2, -0.15) is 0 Å². The van der Waals surface area contributed by atoms with Gasteiger partial charge in [-0.15, -0.1) is 0 Å². The maximum absolute atomic E-state index is 5.98. The zero-order valence-electron chi connectivity index (χ0n) is 10.5. The summed E-state index contributed by atoms with van der Waals surface area (Å²) in [6, 6.07) is 8.00. The summed E-state index contributed by atoms with van der Waals surface area (Å²) in [6.07, 6.45) is 1.43. The van der Waals surface area contributed by atoms with E-state index in [-0.39, 0.29) is 0 Å². The molecule has 0 amide bonds. The van der Waals surface area contributed by atoms with Gasteiger partial charge in [0, 0.05) is 25.3 Å². The van der Waals surface area contributed by atoms with Crippen LogP contribution in [0.2, 0.25) is 5.15 Å². The molecule has 0 bridgehead atoms. The van der Waals surface area contributed by atoms with Gasteiger partial charge in [0.1, 0.15) is 12.0 Å². The molecule has 0 saturated heterocycles. The van der Waals surface area contributed by atoms with Gasteiger partial charge in [-0.05, 0) is 12.1 Å². The highest BCUT2D eigenvalue weighted by atomic mass is 35.5. The molecule has 0 spiro atoms. The van der Waals surface area contributed by atoms with Crippen molar-refractivity contribution >= 4 is 17.3 Å². The number of benzene rings is 1. The summed E-state index contributed by atoms with van der Waals surface area (Å²) in [6.45, 7) is 0. The summed E-state index contributed by atoms with van der Waals surface area (Å²) >= 11 is 5.98. The van der Waals surface area contributed by atoms with Crippen LogP contribution >= 0.6 is 11.6 Å². The highest BCUT2D eigenvalue weighted by Crippen LogP contribution is 2.33. The highest BCUT2D eigenvalue weighted by Gasteiger charge is 2.12. The zero-order valence-corrected chi connectivity index (χ0v) is 11.3. The Bertz CT molecular complexity index is 540. The smallest absolute Gasteiger partial charge is 0.182 e. The highest BCUT2D eigenvalue weighted by molar-refractivity contribution is 6.31. The Hall–Kier alpha value is -1.81. The molecule has 5 heteroatoms. The van der Waals surface area contributed by atoms with Crippen molar-refractivity contribution in [2.75, 3.05) is 26.1 Å². The summed E-state index contributed by atoms with van der Waals surface area (Å²) in [5.41, 5.74) is 2.77. The topological polar surface area (TPSA) is 38.3 Å². The van der Waals surface area contributed by atoms with E-state index in [1.165, 1.54) is 6.33 Å². The lowest BCUT2D eigenvalue weighted by Gasteiger charge is -2.13. The number of halogens is 1. The third kappa shape index (κ3) is 2.38. The Morgan fingerprint density at radius 2 is 1.78 bits per heavy atom. The summed E-state index contributed by atoms with van der Waals surface area (Å²) in [4.78, 5) is 10.2. The fraction of sp³-hybridized carbons (Fsp3) is 0.231. The van der Waals surface area contributed by atoms with Crippen LogP contribution in [0, 0.1) is 0 Å². The van der Waals surface area contributed by atoms with Crippen molar-refractivity contribution in [2.24, 2.45) is 0 Å². The number of anilines is 1. The first kappa shape index (κ1) is 12.6. The first-order chi connectivity index (χ1) is 8.63. The van der Waals surface area contributed by atoms with E-state index in [0.717, 1.165) is 11.3 Å². The molecule has 2 rings (SSSR count). The average Bonchev–Trinajstić information content (AvgIpc) is 2.38. The first-order valence-electron chi connectivity index (χ1n) is 5.45. The van der Waals surface area contributed by atoms with Gasteiger partial charge in [-0.3, -0.25) is 0 Å². The minimum atomic E-state index is 0.319. The van der Waals surface area contributed by atoms with Gasteiger partial charge in [-0.1, -0.05) is 23.7 Å². The lowest BCUT2D eigenvalue weighted by molar-refractivity contribution is 0.413. The van der Waals surface area contributed by atoms with Gasteiger partial charge >= 0.3 is 0 Å². The van der Waals surface area contributed by atoms with E-state index in [9.17, 15) is 0 Å². The van der Waals surface area contributed by atoms with Crippen molar-refractivity contribution in [1.29, 1.82) is 0 Å². The number of hydrogen-bond donors (Lipinski definition) is 0. The summed E-state index contributed by atoms with van der Waals surface area (Å²) in [5, 5.41) is 0.319. The van der Waals surface area contributed by atoms with Crippen LogP contribution in [0.3, 0.4) is 0 Å². The van der Waals surface area contributed by atoms with Crippen molar-refractivity contribution in [3.8, 4) is 17.0 Å². The van der Waals surface area contributed by atoms with Crippen LogP contribution in [0.1, 0.15) is 0 Å². The largest absolute Gasteiger partial charge is 0.491 e. The van der Waals surface area contributed by atoms with E-state index in [1.807, 2.05) is 43.3 Å². The molecule has 0 aliphatic rings. The number of aromatic nitrogens is 2. The van der Waals surface area contributed by atoms with Gasteiger partial charge in [-0.25, -0.2) is 9.97 Å². The molecule has 0 saturated carbocycles. The monoisotopic (exact) mass is 263 g/mol. The SMILES string of the molecule is COc1c(Cl)ncnc1-c1ccc(N(C)C)cc1. The molecule has 0 aliphatic carbocycles. The molecule has 0 N–H and O–H groups in total. The second-order valence-electron chi connectivity index (χ2n) is 3.99. The molecule has 0 aliphatic heterocycles. The van der Waals surface area contributed by atoms with Crippen LogP contribution in [-0.4, -0.2) is 31.2 Å². The van der Waals surface area contributed by atoms with Crippen molar-refractivity contribution in [1.82, 2.24) is 9.97 Å². The predicted octanol–water partition coefficient (Wildman–Crippen LogP) is 2.87. The number of rotatable bonds is 3. The molecule has 0 unspecified atom stereocenters. The van der Waals surface area contributed by atoms with Gasteiger partial charge in [0.15, 0.2) is 10.9 Å². The summed E-state index contributed by atoms with van der Waals surface area (Å²) < 4.78 is 5.24. The zero-order chi connectivity index (χ0) is 13.1.